The lowest BCUT2D eigenvalue weighted by Gasteiger charge is -2.32. The van der Waals surface area contributed by atoms with E-state index in [1.165, 1.54) is 24.1 Å². The van der Waals surface area contributed by atoms with E-state index >= 15 is 0 Å². The highest BCUT2D eigenvalue weighted by Crippen LogP contribution is 2.28. The highest BCUT2D eigenvalue weighted by atomic mass is 35.5. The smallest absolute Gasteiger partial charge is 0.264 e. The number of nitrogens with zero attached hydrogens (tertiary/aromatic N) is 2. The number of nitrogens with one attached hydrogen (secondary N) is 1. The second-order valence-corrected chi connectivity index (χ2v) is 11.0. The fourth-order valence-electron chi connectivity index (χ4n) is 3.79. The van der Waals surface area contributed by atoms with E-state index in [1.54, 1.807) is 55.5 Å². The summed E-state index contributed by atoms with van der Waals surface area (Å²) in [5, 5.41) is 3.20. The van der Waals surface area contributed by atoms with Crippen molar-refractivity contribution in [3.63, 3.8) is 0 Å². The first-order valence-corrected chi connectivity index (χ1v) is 13.9. The summed E-state index contributed by atoms with van der Waals surface area (Å²) >= 11 is 12.7. The Balaban J connectivity index is 2.05. The number of halogens is 2. The SMILES string of the molecule is CCc1ccc(N(CC(=O)N(Cc2c(Cl)cccc2Cl)[C@H](C)C(=O)NC)S(=O)(=O)c2ccccc2)cc1. The van der Waals surface area contributed by atoms with E-state index in [0.29, 0.717) is 21.3 Å². The Bertz CT molecular complexity index is 1330. The zero-order valence-electron chi connectivity index (χ0n) is 20.8. The maximum Gasteiger partial charge on any atom is 0.264 e. The number of hydrogen-bond donors (Lipinski definition) is 1. The van der Waals surface area contributed by atoms with Crippen molar-refractivity contribution in [1.29, 1.82) is 0 Å². The molecule has 1 atom stereocenters. The molecule has 0 heterocycles. The Morgan fingerprint density at radius 3 is 2.05 bits per heavy atom. The lowest BCUT2D eigenvalue weighted by molar-refractivity contribution is -0.139. The number of amides is 2. The van der Waals surface area contributed by atoms with E-state index in [2.05, 4.69) is 5.32 Å². The van der Waals surface area contributed by atoms with E-state index in [1.807, 2.05) is 19.1 Å². The number of sulfonamides is 1. The number of carbonyl (C=O) groups is 2. The fourth-order valence-corrected chi connectivity index (χ4v) is 5.74. The Morgan fingerprint density at radius 1 is 0.919 bits per heavy atom. The van der Waals surface area contributed by atoms with Crippen LogP contribution in [0.3, 0.4) is 0 Å². The van der Waals surface area contributed by atoms with Crippen molar-refractivity contribution < 1.29 is 18.0 Å². The van der Waals surface area contributed by atoms with Gasteiger partial charge in [-0.25, -0.2) is 8.42 Å². The zero-order chi connectivity index (χ0) is 27.2. The summed E-state index contributed by atoms with van der Waals surface area (Å²) in [6, 6.07) is 18.9. The molecule has 0 bridgehead atoms. The monoisotopic (exact) mass is 561 g/mol. The summed E-state index contributed by atoms with van der Waals surface area (Å²) in [7, 11) is -2.65. The van der Waals surface area contributed by atoms with E-state index in [9.17, 15) is 18.0 Å². The molecule has 0 saturated carbocycles. The molecule has 0 radical (unpaired) electrons. The summed E-state index contributed by atoms with van der Waals surface area (Å²) in [5.74, 6) is -1.01. The van der Waals surface area contributed by atoms with Crippen LogP contribution in [0, 0.1) is 0 Å². The number of likely N-dealkylation sites (N-methyl/N-ethyl adjacent to an activating group) is 1. The summed E-state index contributed by atoms with van der Waals surface area (Å²) in [6.45, 7) is 2.94. The number of rotatable bonds is 10. The molecule has 7 nitrogen and oxygen atoms in total. The van der Waals surface area contributed by atoms with Crippen molar-refractivity contribution in [2.45, 2.75) is 37.8 Å². The average molecular weight is 563 g/mol. The van der Waals surface area contributed by atoms with Crippen molar-refractivity contribution in [1.82, 2.24) is 10.2 Å². The van der Waals surface area contributed by atoms with Crippen LogP contribution < -0.4 is 9.62 Å². The number of aryl methyl sites for hydroxylation is 1. The van der Waals surface area contributed by atoms with Gasteiger partial charge in [-0.2, -0.15) is 0 Å². The van der Waals surface area contributed by atoms with Gasteiger partial charge in [0.05, 0.1) is 10.6 Å². The third kappa shape index (κ3) is 6.63. The van der Waals surface area contributed by atoms with Gasteiger partial charge in [-0.15, -0.1) is 0 Å². The molecule has 0 aliphatic heterocycles. The van der Waals surface area contributed by atoms with Gasteiger partial charge in [-0.1, -0.05) is 66.5 Å². The minimum absolute atomic E-state index is 0.0439. The lowest BCUT2D eigenvalue weighted by Crippen LogP contribution is -2.50. The first kappa shape index (κ1) is 28.5. The molecule has 1 N–H and O–H groups in total. The molecule has 2 amide bonds. The largest absolute Gasteiger partial charge is 0.357 e. The van der Waals surface area contributed by atoms with Crippen LogP contribution in [-0.2, 0) is 32.6 Å². The van der Waals surface area contributed by atoms with Crippen LogP contribution in [0.5, 0.6) is 0 Å². The second-order valence-electron chi connectivity index (χ2n) is 8.36. The van der Waals surface area contributed by atoms with Crippen molar-refractivity contribution in [3.8, 4) is 0 Å². The molecule has 37 heavy (non-hydrogen) atoms. The van der Waals surface area contributed by atoms with E-state index in [4.69, 9.17) is 23.2 Å². The van der Waals surface area contributed by atoms with Crippen LogP contribution in [-0.4, -0.2) is 44.8 Å². The third-order valence-corrected chi connectivity index (χ3v) is 8.54. The summed E-state index contributed by atoms with van der Waals surface area (Å²) in [5.41, 5.74) is 1.81. The molecule has 3 rings (SSSR count). The Kier molecular flexibility index (Phi) is 9.59. The third-order valence-electron chi connectivity index (χ3n) is 6.05. The molecule has 0 aliphatic rings. The maximum absolute atomic E-state index is 13.8. The number of hydrogen-bond acceptors (Lipinski definition) is 4. The summed E-state index contributed by atoms with van der Waals surface area (Å²) < 4.78 is 28.5. The average Bonchev–Trinajstić information content (AvgIpc) is 2.91. The second kappa shape index (κ2) is 12.4. The molecule has 0 aliphatic carbocycles. The van der Waals surface area contributed by atoms with Gasteiger partial charge in [-0.05, 0) is 55.3 Å². The van der Waals surface area contributed by atoms with Gasteiger partial charge in [0.25, 0.3) is 10.0 Å². The summed E-state index contributed by atoms with van der Waals surface area (Å²) in [6.07, 6.45) is 0.778. The molecule has 3 aromatic carbocycles. The minimum Gasteiger partial charge on any atom is -0.357 e. The molecular weight excluding hydrogens is 533 g/mol. The van der Waals surface area contributed by atoms with Gasteiger partial charge in [0.2, 0.25) is 11.8 Å². The molecule has 0 aromatic heterocycles. The first-order chi connectivity index (χ1) is 17.6. The topological polar surface area (TPSA) is 86.8 Å². The summed E-state index contributed by atoms with van der Waals surface area (Å²) in [4.78, 5) is 27.7. The molecule has 3 aromatic rings. The van der Waals surface area contributed by atoms with Gasteiger partial charge in [-0.3, -0.25) is 13.9 Å². The molecular formula is C27H29Cl2N3O4S. The standard InChI is InChI=1S/C27H29Cl2N3O4S/c1-4-20-13-15-21(16-14-20)32(37(35,36)22-9-6-5-7-10-22)18-26(33)31(19(2)27(34)30-3)17-23-24(28)11-8-12-25(23)29/h5-16,19H,4,17-18H2,1-3H3,(H,30,34)/t19-/m1/s1. The lowest BCUT2D eigenvalue weighted by atomic mass is 10.1. The number of anilines is 1. The predicted octanol–water partition coefficient (Wildman–Crippen LogP) is 4.91. The van der Waals surface area contributed by atoms with Crippen LogP contribution in [0.1, 0.15) is 25.0 Å². The Labute approximate surface area is 228 Å². The molecule has 0 saturated heterocycles. The van der Waals surface area contributed by atoms with Crippen molar-refractivity contribution in [2.24, 2.45) is 0 Å². The predicted molar refractivity (Wildman–Crippen MR) is 147 cm³/mol. The van der Waals surface area contributed by atoms with E-state index < -0.39 is 34.4 Å². The van der Waals surface area contributed by atoms with Crippen molar-refractivity contribution in [3.05, 3.63) is 94.0 Å². The van der Waals surface area contributed by atoms with Crippen LogP contribution in [0.25, 0.3) is 0 Å². The number of carbonyl (C=O) groups excluding carboxylic acids is 2. The maximum atomic E-state index is 13.8. The Hall–Kier alpha value is -3.07. The molecule has 196 valence electrons. The van der Waals surface area contributed by atoms with Crippen molar-refractivity contribution in [2.75, 3.05) is 17.9 Å². The van der Waals surface area contributed by atoms with Crippen LogP contribution in [0.4, 0.5) is 5.69 Å². The van der Waals surface area contributed by atoms with Crippen LogP contribution in [0.2, 0.25) is 10.0 Å². The zero-order valence-corrected chi connectivity index (χ0v) is 23.1. The van der Waals surface area contributed by atoms with Crippen LogP contribution in [0.15, 0.2) is 77.7 Å². The number of benzene rings is 3. The highest BCUT2D eigenvalue weighted by Gasteiger charge is 2.32. The van der Waals surface area contributed by atoms with Gasteiger partial charge < -0.3 is 10.2 Å². The van der Waals surface area contributed by atoms with Gasteiger partial charge in [0.1, 0.15) is 12.6 Å². The first-order valence-electron chi connectivity index (χ1n) is 11.7. The molecule has 10 heteroatoms. The minimum atomic E-state index is -4.11. The normalized spacial score (nSPS) is 12.0. The molecule has 0 spiro atoms. The van der Waals surface area contributed by atoms with Crippen LogP contribution >= 0.6 is 23.2 Å². The van der Waals surface area contributed by atoms with Gasteiger partial charge in [0, 0.05) is 29.2 Å². The molecule has 0 fully saturated rings. The highest BCUT2D eigenvalue weighted by molar-refractivity contribution is 7.92. The van der Waals surface area contributed by atoms with Gasteiger partial charge >= 0.3 is 0 Å². The van der Waals surface area contributed by atoms with Crippen molar-refractivity contribution >= 4 is 50.7 Å². The van der Waals surface area contributed by atoms with E-state index in [-0.39, 0.29) is 11.4 Å². The fraction of sp³-hybridized carbons (Fsp3) is 0.259. The Morgan fingerprint density at radius 2 is 1.51 bits per heavy atom. The quantitative estimate of drug-likeness (QED) is 0.380. The molecule has 0 unspecified atom stereocenters. The van der Waals surface area contributed by atoms with Gasteiger partial charge in [0.15, 0.2) is 0 Å². The van der Waals surface area contributed by atoms with E-state index in [0.717, 1.165) is 16.3 Å².